The van der Waals surface area contributed by atoms with Crippen molar-refractivity contribution in [2.24, 2.45) is 0 Å². The molecule has 0 heterocycles. The SMILES string of the molecule is CN(Cl)CC(C)(O)CO. The van der Waals surface area contributed by atoms with E-state index in [1.807, 2.05) is 0 Å². The van der Waals surface area contributed by atoms with Gasteiger partial charge in [0.2, 0.25) is 0 Å². The van der Waals surface area contributed by atoms with Crippen molar-refractivity contribution in [2.45, 2.75) is 12.5 Å². The fourth-order valence-electron chi connectivity index (χ4n) is 0.519. The first-order valence-electron chi connectivity index (χ1n) is 2.68. The highest BCUT2D eigenvalue weighted by Gasteiger charge is 2.19. The van der Waals surface area contributed by atoms with Crippen molar-refractivity contribution in [3.63, 3.8) is 0 Å². The van der Waals surface area contributed by atoms with Gasteiger partial charge in [0, 0.05) is 13.6 Å². The Kier molecular flexibility index (Phi) is 3.43. The van der Waals surface area contributed by atoms with Crippen molar-refractivity contribution < 1.29 is 10.2 Å². The molecule has 4 heteroatoms. The van der Waals surface area contributed by atoms with Crippen LogP contribution in [0.3, 0.4) is 0 Å². The zero-order valence-electron chi connectivity index (χ0n) is 5.63. The Bertz CT molecular complexity index is 85.0. The molecule has 0 saturated heterocycles. The van der Waals surface area contributed by atoms with Crippen LogP contribution >= 0.6 is 11.8 Å². The van der Waals surface area contributed by atoms with Crippen LogP contribution in [0, 0.1) is 0 Å². The first-order chi connectivity index (χ1) is 3.98. The van der Waals surface area contributed by atoms with Crippen LogP contribution in [-0.4, -0.2) is 40.4 Å². The minimum atomic E-state index is -1.09. The molecule has 0 fully saturated rings. The van der Waals surface area contributed by atoms with Gasteiger partial charge in [0.05, 0.1) is 12.2 Å². The molecular weight excluding hydrogens is 142 g/mol. The molecule has 0 spiro atoms. The lowest BCUT2D eigenvalue weighted by Gasteiger charge is -2.22. The van der Waals surface area contributed by atoms with Crippen LogP contribution in [-0.2, 0) is 0 Å². The van der Waals surface area contributed by atoms with Gasteiger partial charge in [0.25, 0.3) is 0 Å². The molecule has 0 bridgehead atoms. The van der Waals surface area contributed by atoms with E-state index in [4.69, 9.17) is 22.0 Å². The molecule has 0 aliphatic rings. The predicted molar refractivity (Wildman–Crippen MR) is 36.2 cm³/mol. The normalized spacial score (nSPS) is 18.0. The number of hydrogen-bond acceptors (Lipinski definition) is 3. The smallest absolute Gasteiger partial charge is 0.0988 e. The lowest BCUT2D eigenvalue weighted by Crippen LogP contribution is -2.38. The van der Waals surface area contributed by atoms with Crippen LogP contribution in [0.1, 0.15) is 6.92 Å². The molecule has 1 unspecified atom stereocenters. The molecule has 0 aromatic heterocycles. The van der Waals surface area contributed by atoms with Gasteiger partial charge in [-0.1, -0.05) is 0 Å². The van der Waals surface area contributed by atoms with Gasteiger partial charge in [0.1, 0.15) is 0 Å². The Hall–Kier alpha value is 0.170. The number of halogens is 1. The highest BCUT2D eigenvalue weighted by Crippen LogP contribution is 2.04. The Balaban J connectivity index is 3.58. The molecule has 9 heavy (non-hydrogen) atoms. The van der Waals surface area contributed by atoms with Crippen LogP contribution in [0.4, 0.5) is 0 Å². The summed E-state index contributed by atoms with van der Waals surface area (Å²) in [6, 6.07) is 0. The molecule has 0 aliphatic heterocycles. The first-order valence-corrected chi connectivity index (χ1v) is 3.02. The van der Waals surface area contributed by atoms with E-state index in [1.165, 1.54) is 11.3 Å². The number of nitrogens with zero attached hydrogens (tertiary/aromatic N) is 1. The Labute approximate surface area is 60.0 Å². The minimum Gasteiger partial charge on any atom is -0.393 e. The van der Waals surface area contributed by atoms with E-state index in [0.29, 0.717) is 0 Å². The highest BCUT2D eigenvalue weighted by molar-refractivity contribution is 6.13. The summed E-state index contributed by atoms with van der Waals surface area (Å²) >= 11 is 5.40. The molecule has 0 aromatic rings. The Morgan fingerprint density at radius 2 is 2.11 bits per heavy atom. The third-order valence-electron chi connectivity index (χ3n) is 0.899. The van der Waals surface area contributed by atoms with Crippen molar-refractivity contribution >= 4 is 11.8 Å². The monoisotopic (exact) mass is 153 g/mol. The second kappa shape index (κ2) is 3.37. The topological polar surface area (TPSA) is 43.7 Å². The van der Waals surface area contributed by atoms with Gasteiger partial charge < -0.3 is 10.2 Å². The van der Waals surface area contributed by atoms with Crippen molar-refractivity contribution in [1.82, 2.24) is 4.42 Å². The zero-order valence-corrected chi connectivity index (χ0v) is 6.39. The van der Waals surface area contributed by atoms with Crippen LogP contribution in [0.25, 0.3) is 0 Å². The fourth-order valence-corrected chi connectivity index (χ4v) is 0.777. The average molecular weight is 154 g/mol. The average Bonchev–Trinajstić information content (AvgIpc) is 1.63. The Morgan fingerprint density at radius 3 is 2.22 bits per heavy atom. The molecule has 3 nitrogen and oxygen atoms in total. The first kappa shape index (κ1) is 9.17. The summed E-state index contributed by atoms with van der Waals surface area (Å²) in [5, 5.41) is 17.6. The standard InChI is InChI=1S/C5H12ClNO2/c1-5(9,4-8)3-7(2)6/h8-9H,3-4H2,1-2H3. The molecule has 1 atom stereocenters. The summed E-state index contributed by atoms with van der Waals surface area (Å²) in [5.74, 6) is 0. The summed E-state index contributed by atoms with van der Waals surface area (Å²) < 4.78 is 1.30. The van der Waals surface area contributed by atoms with E-state index in [0.717, 1.165) is 0 Å². The van der Waals surface area contributed by atoms with E-state index < -0.39 is 5.60 Å². The zero-order chi connectivity index (χ0) is 7.49. The molecule has 0 amide bonds. The van der Waals surface area contributed by atoms with Crippen molar-refractivity contribution in [2.75, 3.05) is 20.2 Å². The van der Waals surface area contributed by atoms with E-state index in [1.54, 1.807) is 7.05 Å². The molecule has 0 aromatic carbocycles. The molecular formula is C5H12ClNO2. The number of aliphatic hydroxyl groups is 2. The molecule has 0 saturated carbocycles. The maximum absolute atomic E-state index is 9.12. The summed E-state index contributed by atoms with van der Waals surface area (Å²) in [4.78, 5) is 0. The Morgan fingerprint density at radius 1 is 1.67 bits per heavy atom. The minimum absolute atomic E-state index is 0.255. The van der Waals surface area contributed by atoms with E-state index in [-0.39, 0.29) is 13.2 Å². The van der Waals surface area contributed by atoms with Crippen molar-refractivity contribution in [1.29, 1.82) is 0 Å². The lowest BCUT2D eigenvalue weighted by atomic mass is 10.1. The van der Waals surface area contributed by atoms with Gasteiger partial charge >= 0.3 is 0 Å². The number of aliphatic hydroxyl groups excluding tert-OH is 1. The molecule has 0 aliphatic carbocycles. The summed E-state index contributed by atoms with van der Waals surface area (Å²) in [6.07, 6.45) is 0. The number of hydrogen-bond donors (Lipinski definition) is 2. The number of likely N-dealkylation sites (N-methyl/N-ethyl adjacent to an activating group) is 1. The van der Waals surface area contributed by atoms with Crippen molar-refractivity contribution in [3.05, 3.63) is 0 Å². The van der Waals surface area contributed by atoms with E-state index >= 15 is 0 Å². The predicted octanol–water partition coefficient (Wildman–Crippen LogP) is -0.185. The summed E-state index contributed by atoms with van der Waals surface area (Å²) in [7, 11) is 1.62. The highest BCUT2D eigenvalue weighted by atomic mass is 35.5. The maximum atomic E-state index is 9.12. The van der Waals surface area contributed by atoms with Crippen LogP contribution in [0.5, 0.6) is 0 Å². The van der Waals surface area contributed by atoms with Crippen LogP contribution in [0.15, 0.2) is 0 Å². The summed E-state index contributed by atoms with van der Waals surface area (Å²) in [6.45, 7) is 1.50. The third kappa shape index (κ3) is 4.66. The molecule has 56 valence electrons. The molecule has 2 N–H and O–H groups in total. The second-order valence-corrected chi connectivity index (χ2v) is 3.00. The van der Waals surface area contributed by atoms with Gasteiger partial charge in [0.15, 0.2) is 0 Å². The summed E-state index contributed by atoms with van der Waals surface area (Å²) in [5.41, 5.74) is -1.09. The maximum Gasteiger partial charge on any atom is 0.0988 e. The largest absolute Gasteiger partial charge is 0.393 e. The lowest BCUT2D eigenvalue weighted by molar-refractivity contribution is -0.00784. The van der Waals surface area contributed by atoms with Gasteiger partial charge in [-0.15, -0.1) is 0 Å². The fraction of sp³-hybridized carbons (Fsp3) is 1.00. The molecule has 0 rings (SSSR count). The van der Waals surface area contributed by atoms with Crippen molar-refractivity contribution in [3.8, 4) is 0 Å². The van der Waals surface area contributed by atoms with Crippen LogP contribution in [0.2, 0.25) is 0 Å². The van der Waals surface area contributed by atoms with Gasteiger partial charge in [-0.3, -0.25) is 0 Å². The van der Waals surface area contributed by atoms with E-state index in [2.05, 4.69) is 0 Å². The molecule has 0 radical (unpaired) electrons. The van der Waals surface area contributed by atoms with Crippen LogP contribution < -0.4 is 0 Å². The van der Waals surface area contributed by atoms with Gasteiger partial charge in [-0.05, 0) is 18.7 Å². The van der Waals surface area contributed by atoms with Gasteiger partial charge in [-0.2, -0.15) is 0 Å². The van der Waals surface area contributed by atoms with E-state index in [9.17, 15) is 0 Å². The third-order valence-corrected chi connectivity index (χ3v) is 1.02. The number of rotatable bonds is 3. The second-order valence-electron chi connectivity index (χ2n) is 2.42. The quantitative estimate of drug-likeness (QED) is 0.553. The van der Waals surface area contributed by atoms with Gasteiger partial charge in [-0.25, -0.2) is 4.42 Å².